The van der Waals surface area contributed by atoms with Gasteiger partial charge in [0, 0.05) is 10.8 Å². The van der Waals surface area contributed by atoms with Gasteiger partial charge in [0.25, 0.3) is 0 Å². The van der Waals surface area contributed by atoms with Crippen LogP contribution in [0, 0.1) is 5.92 Å². The van der Waals surface area contributed by atoms with Crippen molar-refractivity contribution in [1.82, 2.24) is 4.98 Å². The summed E-state index contributed by atoms with van der Waals surface area (Å²) in [6.45, 7) is 9.06. The lowest BCUT2D eigenvalue weighted by molar-refractivity contribution is 0.647. The minimum absolute atomic E-state index is 0.497. The fourth-order valence-corrected chi connectivity index (χ4v) is 3.19. The molecule has 0 fully saturated rings. The minimum Gasteiger partial charge on any atom is -0.248 e. The largest absolute Gasteiger partial charge is 0.248 e. The van der Waals surface area contributed by atoms with E-state index in [2.05, 4.69) is 70.2 Å². The van der Waals surface area contributed by atoms with Crippen LogP contribution in [0.25, 0.3) is 21.8 Å². The zero-order valence-electron chi connectivity index (χ0n) is 13.4. The van der Waals surface area contributed by atoms with Gasteiger partial charge in [-0.25, -0.2) is 4.98 Å². The molecule has 0 saturated carbocycles. The summed E-state index contributed by atoms with van der Waals surface area (Å²) in [6, 6.07) is 15.3. The molecule has 0 aliphatic rings. The second-order valence-electron chi connectivity index (χ2n) is 6.65. The number of pyridine rings is 1. The van der Waals surface area contributed by atoms with E-state index in [4.69, 9.17) is 4.98 Å². The zero-order valence-corrected chi connectivity index (χ0v) is 13.4. The van der Waals surface area contributed by atoms with Crippen LogP contribution in [0.3, 0.4) is 0 Å². The average Bonchev–Trinajstić information content (AvgIpc) is 2.43. The highest BCUT2D eigenvalue weighted by Crippen LogP contribution is 2.32. The van der Waals surface area contributed by atoms with Gasteiger partial charge in [0.2, 0.25) is 0 Å². The summed E-state index contributed by atoms with van der Waals surface area (Å²) in [5, 5.41) is 2.59. The van der Waals surface area contributed by atoms with Crippen molar-refractivity contribution in [2.75, 3.05) is 0 Å². The second kappa shape index (κ2) is 5.48. The molecule has 0 radical (unpaired) electrons. The highest BCUT2D eigenvalue weighted by Gasteiger charge is 2.12. The van der Waals surface area contributed by atoms with E-state index in [-0.39, 0.29) is 0 Å². The Kier molecular flexibility index (Phi) is 3.67. The first-order valence-electron chi connectivity index (χ1n) is 7.87. The van der Waals surface area contributed by atoms with Crippen LogP contribution >= 0.6 is 0 Å². The maximum Gasteiger partial charge on any atom is 0.0715 e. The van der Waals surface area contributed by atoms with E-state index in [1.165, 1.54) is 21.9 Å². The number of benzene rings is 2. The summed E-state index contributed by atoms with van der Waals surface area (Å²) in [6.07, 6.45) is 1.11. The minimum atomic E-state index is 0.497. The van der Waals surface area contributed by atoms with Crippen molar-refractivity contribution in [3.8, 4) is 0 Å². The van der Waals surface area contributed by atoms with Crippen molar-refractivity contribution in [2.45, 2.75) is 40.0 Å². The maximum atomic E-state index is 4.89. The molecule has 0 atom stereocenters. The summed E-state index contributed by atoms with van der Waals surface area (Å²) in [7, 11) is 0. The van der Waals surface area contributed by atoms with E-state index in [1.807, 2.05) is 0 Å². The van der Waals surface area contributed by atoms with Crippen LogP contribution < -0.4 is 0 Å². The van der Waals surface area contributed by atoms with Gasteiger partial charge in [0.15, 0.2) is 0 Å². The highest BCUT2D eigenvalue weighted by atomic mass is 14.7. The SMILES string of the molecule is CC(C)Cc1ccc2c(C(C)C)c3ccccc3nc2c1. The Morgan fingerprint density at radius 3 is 2.29 bits per heavy atom. The van der Waals surface area contributed by atoms with Gasteiger partial charge < -0.3 is 0 Å². The Hall–Kier alpha value is -1.89. The van der Waals surface area contributed by atoms with Crippen LogP contribution in [0.1, 0.15) is 44.7 Å². The van der Waals surface area contributed by atoms with Crippen molar-refractivity contribution in [3.05, 3.63) is 53.6 Å². The molecule has 2 aromatic carbocycles. The first kappa shape index (κ1) is 14.1. The van der Waals surface area contributed by atoms with Gasteiger partial charge in [0.05, 0.1) is 11.0 Å². The molecule has 21 heavy (non-hydrogen) atoms. The molecule has 0 amide bonds. The van der Waals surface area contributed by atoms with Gasteiger partial charge in [-0.05, 0) is 41.5 Å². The molecule has 1 aromatic heterocycles. The quantitative estimate of drug-likeness (QED) is 0.559. The molecule has 1 heterocycles. The predicted octanol–water partition coefficient (Wildman–Crippen LogP) is 5.71. The van der Waals surface area contributed by atoms with Gasteiger partial charge >= 0.3 is 0 Å². The van der Waals surface area contributed by atoms with E-state index in [9.17, 15) is 0 Å². The molecule has 0 spiro atoms. The van der Waals surface area contributed by atoms with Crippen molar-refractivity contribution in [2.24, 2.45) is 5.92 Å². The van der Waals surface area contributed by atoms with Gasteiger partial charge in [-0.2, -0.15) is 0 Å². The molecule has 0 bridgehead atoms. The summed E-state index contributed by atoms with van der Waals surface area (Å²) in [5.41, 5.74) is 5.05. The average molecular weight is 277 g/mol. The van der Waals surface area contributed by atoms with Gasteiger partial charge in [-0.15, -0.1) is 0 Å². The number of aromatic nitrogens is 1. The topological polar surface area (TPSA) is 12.9 Å². The molecular weight excluding hydrogens is 254 g/mol. The van der Waals surface area contributed by atoms with Crippen LogP contribution in [0.2, 0.25) is 0 Å². The van der Waals surface area contributed by atoms with Crippen LogP contribution in [0.4, 0.5) is 0 Å². The third-order valence-electron chi connectivity index (χ3n) is 4.01. The Balaban J connectivity index is 2.31. The molecule has 0 unspecified atom stereocenters. The van der Waals surface area contributed by atoms with Crippen LogP contribution in [-0.2, 0) is 6.42 Å². The first-order valence-corrected chi connectivity index (χ1v) is 7.87. The first-order chi connectivity index (χ1) is 10.1. The number of hydrogen-bond donors (Lipinski definition) is 0. The number of para-hydroxylation sites is 1. The number of fused-ring (bicyclic) bond motifs is 2. The second-order valence-corrected chi connectivity index (χ2v) is 6.65. The highest BCUT2D eigenvalue weighted by molar-refractivity contribution is 5.98. The molecule has 0 saturated heterocycles. The maximum absolute atomic E-state index is 4.89. The summed E-state index contributed by atoms with van der Waals surface area (Å²) < 4.78 is 0. The molecule has 3 aromatic rings. The molecule has 3 rings (SSSR count). The number of rotatable bonds is 3. The predicted molar refractivity (Wildman–Crippen MR) is 91.9 cm³/mol. The monoisotopic (exact) mass is 277 g/mol. The van der Waals surface area contributed by atoms with E-state index < -0.39 is 0 Å². The Morgan fingerprint density at radius 1 is 0.857 bits per heavy atom. The molecule has 0 aliphatic carbocycles. The molecular formula is C20H23N. The lowest BCUT2D eigenvalue weighted by Crippen LogP contribution is -1.98. The van der Waals surface area contributed by atoms with Gasteiger partial charge in [-0.1, -0.05) is 58.0 Å². The van der Waals surface area contributed by atoms with Crippen molar-refractivity contribution < 1.29 is 0 Å². The van der Waals surface area contributed by atoms with Crippen molar-refractivity contribution in [3.63, 3.8) is 0 Å². The van der Waals surface area contributed by atoms with E-state index >= 15 is 0 Å². The van der Waals surface area contributed by atoms with Crippen molar-refractivity contribution >= 4 is 21.8 Å². The Bertz CT molecular complexity index is 784. The molecule has 108 valence electrons. The third-order valence-corrected chi connectivity index (χ3v) is 4.01. The third kappa shape index (κ3) is 2.65. The van der Waals surface area contributed by atoms with E-state index in [0.29, 0.717) is 11.8 Å². The van der Waals surface area contributed by atoms with Gasteiger partial charge in [-0.3, -0.25) is 0 Å². The number of hydrogen-bond acceptors (Lipinski definition) is 1. The number of nitrogens with zero attached hydrogens (tertiary/aromatic N) is 1. The summed E-state index contributed by atoms with van der Waals surface area (Å²) >= 11 is 0. The Labute approximate surface area is 127 Å². The fourth-order valence-electron chi connectivity index (χ4n) is 3.19. The molecule has 0 N–H and O–H groups in total. The van der Waals surface area contributed by atoms with Gasteiger partial charge in [0.1, 0.15) is 0 Å². The summed E-state index contributed by atoms with van der Waals surface area (Å²) in [5.74, 6) is 1.17. The van der Waals surface area contributed by atoms with E-state index in [1.54, 1.807) is 0 Å². The van der Waals surface area contributed by atoms with Crippen LogP contribution in [0.15, 0.2) is 42.5 Å². The van der Waals surface area contributed by atoms with Crippen LogP contribution in [-0.4, -0.2) is 4.98 Å². The fraction of sp³-hybridized carbons (Fsp3) is 0.350. The molecule has 1 heteroatoms. The molecule has 1 nitrogen and oxygen atoms in total. The van der Waals surface area contributed by atoms with E-state index in [0.717, 1.165) is 17.5 Å². The normalized spacial score (nSPS) is 11.9. The molecule has 0 aliphatic heterocycles. The standard InChI is InChI=1S/C20H23N/c1-13(2)11-15-9-10-17-19(12-15)21-18-8-6-5-7-16(18)20(17)14(3)4/h5-10,12-14H,11H2,1-4H3. The smallest absolute Gasteiger partial charge is 0.0715 e. The Morgan fingerprint density at radius 2 is 1.57 bits per heavy atom. The van der Waals surface area contributed by atoms with Crippen LogP contribution in [0.5, 0.6) is 0 Å². The summed E-state index contributed by atoms with van der Waals surface area (Å²) in [4.78, 5) is 4.89. The lowest BCUT2D eigenvalue weighted by atomic mass is 9.92. The zero-order chi connectivity index (χ0) is 15.0. The van der Waals surface area contributed by atoms with Crippen molar-refractivity contribution in [1.29, 1.82) is 0 Å². The lowest BCUT2D eigenvalue weighted by Gasteiger charge is -2.15.